The third-order valence-corrected chi connectivity index (χ3v) is 3.42. The molecule has 4 nitrogen and oxygen atoms in total. The lowest BCUT2D eigenvalue weighted by atomic mass is 10.3. The van der Waals surface area contributed by atoms with Crippen LogP contribution < -0.4 is 0 Å². The average Bonchev–Trinajstić information content (AvgIpc) is 2.41. The zero-order chi connectivity index (χ0) is 11.5. The summed E-state index contributed by atoms with van der Waals surface area (Å²) >= 11 is 3.46. The van der Waals surface area contributed by atoms with Crippen molar-refractivity contribution in [3.8, 4) is 0 Å². The first-order chi connectivity index (χ1) is 7.65. The minimum Gasteiger partial charge on any atom is -0.371 e. The highest BCUT2D eigenvalue weighted by Gasteiger charge is 2.18. The Kier molecular flexibility index (Phi) is 3.86. The lowest BCUT2D eigenvalue weighted by Gasteiger charge is -2.29. The number of hydrogen-bond donors (Lipinski definition) is 0. The molecule has 5 heteroatoms. The summed E-state index contributed by atoms with van der Waals surface area (Å²) in [5.74, 6) is 1.19. The summed E-state index contributed by atoms with van der Waals surface area (Å²) < 4.78 is 0.925. The Morgan fingerprint density at radius 1 is 1.19 bits per heavy atom. The van der Waals surface area contributed by atoms with Crippen molar-refractivity contribution in [2.45, 2.75) is 6.42 Å². The molecule has 90 valence electrons. The number of nitrogens with zero attached hydrogens (tertiary/aromatic N) is 4. The molecule has 2 rings (SSSR count). The van der Waals surface area contributed by atoms with Crippen molar-refractivity contribution in [1.29, 1.82) is 0 Å². The van der Waals surface area contributed by atoms with Gasteiger partial charge in [0, 0.05) is 32.9 Å². The molecule has 0 aromatic rings. The maximum Gasteiger partial charge on any atom is 0.125 e. The standard InChI is InChI=1S/C11H19BrN4/c1-14-4-3-5-16(7-6-14)11-9-15(2)8-10(12)13-11/h8H,3-7,9H2,1-2H3. The summed E-state index contributed by atoms with van der Waals surface area (Å²) in [4.78, 5) is 11.5. The number of hydrogen-bond acceptors (Lipinski definition) is 4. The highest BCUT2D eigenvalue weighted by molar-refractivity contribution is 9.11. The second kappa shape index (κ2) is 5.19. The van der Waals surface area contributed by atoms with Crippen LogP contribution in [0.1, 0.15) is 6.42 Å². The van der Waals surface area contributed by atoms with Crippen LogP contribution in [0.4, 0.5) is 0 Å². The number of amidine groups is 1. The molecule has 0 bridgehead atoms. The second-order valence-electron chi connectivity index (χ2n) is 4.54. The van der Waals surface area contributed by atoms with Gasteiger partial charge in [0.05, 0.1) is 6.54 Å². The topological polar surface area (TPSA) is 22.1 Å². The SMILES string of the molecule is CN1C=C(Br)N=C(N2CCCN(C)CC2)C1. The predicted octanol–water partition coefficient (Wildman–Crippen LogP) is 1.16. The van der Waals surface area contributed by atoms with Gasteiger partial charge < -0.3 is 14.7 Å². The van der Waals surface area contributed by atoms with Crippen LogP contribution in [-0.2, 0) is 0 Å². The fourth-order valence-electron chi connectivity index (χ4n) is 2.11. The van der Waals surface area contributed by atoms with Gasteiger partial charge in [-0.25, -0.2) is 4.99 Å². The number of aliphatic imine (C=N–C) groups is 1. The third kappa shape index (κ3) is 2.98. The number of halogens is 1. The van der Waals surface area contributed by atoms with Crippen LogP contribution in [0, 0.1) is 0 Å². The normalized spacial score (nSPS) is 23.9. The van der Waals surface area contributed by atoms with E-state index in [0.717, 1.165) is 30.8 Å². The van der Waals surface area contributed by atoms with Crippen LogP contribution in [-0.4, -0.2) is 67.4 Å². The molecule has 0 spiro atoms. The molecule has 2 heterocycles. The predicted molar refractivity (Wildman–Crippen MR) is 70.8 cm³/mol. The maximum atomic E-state index is 4.58. The summed E-state index contributed by atoms with van der Waals surface area (Å²) in [6, 6.07) is 0. The van der Waals surface area contributed by atoms with Crippen molar-refractivity contribution in [2.75, 3.05) is 46.8 Å². The number of rotatable bonds is 0. The lowest BCUT2D eigenvalue weighted by molar-refractivity contribution is 0.342. The van der Waals surface area contributed by atoms with Crippen molar-refractivity contribution >= 4 is 21.8 Å². The molecule has 2 aliphatic heterocycles. The monoisotopic (exact) mass is 286 g/mol. The van der Waals surface area contributed by atoms with Crippen LogP contribution in [0.5, 0.6) is 0 Å². The van der Waals surface area contributed by atoms with E-state index in [0.29, 0.717) is 0 Å². The van der Waals surface area contributed by atoms with E-state index >= 15 is 0 Å². The third-order valence-electron chi connectivity index (χ3n) is 3.04. The first-order valence-corrected chi connectivity index (χ1v) is 6.53. The van der Waals surface area contributed by atoms with Crippen LogP contribution >= 0.6 is 15.9 Å². The van der Waals surface area contributed by atoms with E-state index in [1.54, 1.807) is 0 Å². The van der Waals surface area contributed by atoms with Crippen LogP contribution in [0.3, 0.4) is 0 Å². The van der Waals surface area contributed by atoms with Gasteiger partial charge >= 0.3 is 0 Å². The summed E-state index contributed by atoms with van der Waals surface area (Å²) in [7, 11) is 4.27. The fourth-order valence-corrected chi connectivity index (χ4v) is 2.67. The highest BCUT2D eigenvalue weighted by Crippen LogP contribution is 2.15. The van der Waals surface area contributed by atoms with E-state index < -0.39 is 0 Å². The van der Waals surface area contributed by atoms with Gasteiger partial charge in [-0.2, -0.15) is 0 Å². The van der Waals surface area contributed by atoms with Crippen LogP contribution in [0.15, 0.2) is 15.8 Å². The molecule has 0 aromatic heterocycles. The molecule has 1 saturated heterocycles. The second-order valence-corrected chi connectivity index (χ2v) is 5.35. The van der Waals surface area contributed by atoms with Crippen molar-refractivity contribution in [3.63, 3.8) is 0 Å². The molecule has 0 radical (unpaired) electrons. The molecule has 2 aliphatic rings. The molecule has 0 aliphatic carbocycles. The van der Waals surface area contributed by atoms with Crippen LogP contribution in [0.25, 0.3) is 0 Å². The molecular formula is C11H19BrN4. The maximum absolute atomic E-state index is 4.58. The van der Waals surface area contributed by atoms with Gasteiger partial charge in [-0.15, -0.1) is 0 Å². The smallest absolute Gasteiger partial charge is 0.125 e. The van der Waals surface area contributed by atoms with E-state index in [2.05, 4.69) is 49.7 Å². The summed E-state index contributed by atoms with van der Waals surface area (Å²) in [6.45, 7) is 5.44. The summed E-state index contributed by atoms with van der Waals surface area (Å²) in [5.41, 5.74) is 0. The quantitative estimate of drug-likeness (QED) is 0.624. The van der Waals surface area contributed by atoms with E-state index in [1.165, 1.54) is 18.8 Å². The van der Waals surface area contributed by atoms with Crippen molar-refractivity contribution in [1.82, 2.24) is 14.7 Å². The molecule has 0 amide bonds. The summed E-state index contributed by atoms with van der Waals surface area (Å²) in [6.07, 6.45) is 3.24. The van der Waals surface area contributed by atoms with Gasteiger partial charge in [-0.3, -0.25) is 0 Å². The Morgan fingerprint density at radius 3 is 2.75 bits per heavy atom. The van der Waals surface area contributed by atoms with E-state index in [4.69, 9.17) is 0 Å². The lowest BCUT2D eigenvalue weighted by Crippen LogP contribution is -2.41. The molecule has 0 N–H and O–H groups in total. The molecule has 16 heavy (non-hydrogen) atoms. The molecule has 0 atom stereocenters. The average molecular weight is 287 g/mol. The molecular weight excluding hydrogens is 268 g/mol. The van der Waals surface area contributed by atoms with E-state index in [9.17, 15) is 0 Å². The Balaban J connectivity index is 2.04. The zero-order valence-corrected chi connectivity index (χ0v) is 11.6. The largest absolute Gasteiger partial charge is 0.371 e. The van der Waals surface area contributed by atoms with Crippen molar-refractivity contribution in [2.24, 2.45) is 4.99 Å². The Hall–Kier alpha value is -0.550. The van der Waals surface area contributed by atoms with Crippen LogP contribution in [0.2, 0.25) is 0 Å². The molecule has 0 aromatic carbocycles. The fraction of sp³-hybridized carbons (Fsp3) is 0.727. The van der Waals surface area contributed by atoms with Gasteiger partial charge in [0.25, 0.3) is 0 Å². The highest BCUT2D eigenvalue weighted by atomic mass is 79.9. The van der Waals surface area contributed by atoms with E-state index in [1.807, 2.05) is 6.20 Å². The van der Waals surface area contributed by atoms with Gasteiger partial charge in [0.1, 0.15) is 10.4 Å². The molecule has 0 saturated carbocycles. The van der Waals surface area contributed by atoms with Gasteiger partial charge in [-0.05, 0) is 35.9 Å². The minimum atomic E-state index is 0.915. The molecule has 0 unspecified atom stereocenters. The Morgan fingerprint density at radius 2 is 2.00 bits per heavy atom. The first-order valence-electron chi connectivity index (χ1n) is 5.74. The van der Waals surface area contributed by atoms with Gasteiger partial charge in [0.15, 0.2) is 0 Å². The van der Waals surface area contributed by atoms with Gasteiger partial charge in [0.2, 0.25) is 0 Å². The van der Waals surface area contributed by atoms with Crippen molar-refractivity contribution in [3.05, 3.63) is 10.8 Å². The number of likely N-dealkylation sites (N-methyl/N-ethyl adjacent to an activating group) is 2. The Bertz CT molecular complexity index is 313. The minimum absolute atomic E-state index is 0.915. The van der Waals surface area contributed by atoms with E-state index in [-0.39, 0.29) is 0 Å². The van der Waals surface area contributed by atoms with Gasteiger partial charge in [-0.1, -0.05) is 0 Å². The Labute approximate surface area is 106 Å². The zero-order valence-electron chi connectivity index (χ0n) is 9.99. The first kappa shape index (κ1) is 11.9. The summed E-state index contributed by atoms with van der Waals surface area (Å²) in [5, 5.41) is 0. The van der Waals surface area contributed by atoms with Crippen molar-refractivity contribution < 1.29 is 0 Å². The molecule has 1 fully saturated rings.